The van der Waals surface area contributed by atoms with Gasteiger partial charge in [-0.15, -0.1) is 0 Å². The number of anilines is 2. The van der Waals surface area contributed by atoms with E-state index in [1.807, 2.05) is 4.90 Å². The standard InChI is InChI=1S/C14H24N4OS/c1-8-6-18(7-9(8)2)12(19)10-11(15)16-13(20-10)17-14(3,4)5/h8-9H,6-7,15H2,1-5H3,(H,16,17). The minimum atomic E-state index is -0.0959. The minimum Gasteiger partial charge on any atom is -0.382 e. The fraction of sp³-hybridized carbons (Fsp3) is 0.714. The van der Waals surface area contributed by atoms with Crippen molar-refractivity contribution >= 4 is 28.2 Å². The number of likely N-dealkylation sites (tertiary alicyclic amines) is 1. The molecule has 3 N–H and O–H groups in total. The van der Waals surface area contributed by atoms with E-state index in [1.165, 1.54) is 11.3 Å². The number of aromatic nitrogens is 1. The Kier molecular flexibility index (Phi) is 3.95. The van der Waals surface area contributed by atoms with Gasteiger partial charge < -0.3 is 16.0 Å². The van der Waals surface area contributed by atoms with Gasteiger partial charge in [0.15, 0.2) is 5.13 Å². The third-order valence-corrected chi connectivity index (χ3v) is 4.58. The lowest BCUT2D eigenvalue weighted by Crippen LogP contribution is -2.28. The van der Waals surface area contributed by atoms with E-state index >= 15 is 0 Å². The van der Waals surface area contributed by atoms with Crippen LogP contribution in [-0.4, -0.2) is 34.4 Å². The molecule has 2 atom stereocenters. The average Bonchev–Trinajstić information content (AvgIpc) is 2.80. The van der Waals surface area contributed by atoms with Gasteiger partial charge in [-0.25, -0.2) is 4.98 Å². The quantitative estimate of drug-likeness (QED) is 0.880. The summed E-state index contributed by atoms with van der Waals surface area (Å²) in [5.41, 5.74) is 5.81. The lowest BCUT2D eigenvalue weighted by atomic mass is 10.0. The Balaban J connectivity index is 2.15. The van der Waals surface area contributed by atoms with Crippen LogP contribution in [0.5, 0.6) is 0 Å². The minimum absolute atomic E-state index is 0.0122. The zero-order valence-electron chi connectivity index (χ0n) is 12.9. The third kappa shape index (κ3) is 3.23. The molecule has 1 aromatic rings. The first-order chi connectivity index (χ1) is 9.17. The van der Waals surface area contributed by atoms with E-state index in [-0.39, 0.29) is 11.4 Å². The van der Waals surface area contributed by atoms with Gasteiger partial charge in [-0.3, -0.25) is 4.79 Å². The Labute approximate surface area is 124 Å². The maximum absolute atomic E-state index is 12.5. The molecule has 0 aromatic carbocycles. The number of carbonyl (C=O) groups excluding carboxylic acids is 1. The molecule has 20 heavy (non-hydrogen) atoms. The molecule has 1 aliphatic rings. The number of nitrogens with one attached hydrogen (secondary N) is 1. The van der Waals surface area contributed by atoms with Crippen molar-refractivity contribution in [2.75, 3.05) is 24.1 Å². The SMILES string of the molecule is CC1CN(C(=O)c2sc(NC(C)(C)C)nc2N)CC1C. The van der Waals surface area contributed by atoms with Crippen LogP contribution in [0.2, 0.25) is 0 Å². The Morgan fingerprint density at radius 3 is 2.40 bits per heavy atom. The van der Waals surface area contributed by atoms with E-state index in [2.05, 4.69) is 44.9 Å². The van der Waals surface area contributed by atoms with Crippen LogP contribution in [0.1, 0.15) is 44.3 Å². The van der Waals surface area contributed by atoms with Crippen molar-refractivity contribution in [1.82, 2.24) is 9.88 Å². The maximum Gasteiger partial charge on any atom is 0.267 e. The smallest absolute Gasteiger partial charge is 0.267 e. The number of hydrogen-bond acceptors (Lipinski definition) is 5. The normalized spacial score (nSPS) is 23.1. The number of nitrogens with two attached hydrogens (primary N) is 1. The zero-order valence-corrected chi connectivity index (χ0v) is 13.7. The molecule has 1 aromatic heterocycles. The molecule has 0 aliphatic carbocycles. The molecule has 2 heterocycles. The molecule has 6 heteroatoms. The molecular formula is C14H24N4OS. The summed E-state index contributed by atoms with van der Waals surface area (Å²) >= 11 is 1.35. The van der Waals surface area contributed by atoms with Crippen LogP contribution in [0.4, 0.5) is 10.9 Å². The predicted octanol–water partition coefficient (Wildman–Crippen LogP) is 2.66. The van der Waals surface area contributed by atoms with E-state index in [1.54, 1.807) is 0 Å². The topological polar surface area (TPSA) is 71.2 Å². The van der Waals surface area contributed by atoms with E-state index < -0.39 is 0 Å². The van der Waals surface area contributed by atoms with Gasteiger partial charge in [0.1, 0.15) is 10.7 Å². The Morgan fingerprint density at radius 1 is 1.35 bits per heavy atom. The van der Waals surface area contributed by atoms with Gasteiger partial charge in [-0.05, 0) is 32.6 Å². The zero-order chi connectivity index (χ0) is 15.1. The van der Waals surface area contributed by atoms with Gasteiger partial charge in [-0.2, -0.15) is 0 Å². The first kappa shape index (κ1) is 15.1. The molecule has 1 fully saturated rings. The summed E-state index contributed by atoms with van der Waals surface area (Å²) in [4.78, 5) is 19.2. The van der Waals surface area contributed by atoms with Crippen molar-refractivity contribution in [1.29, 1.82) is 0 Å². The molecule has 0 radical (unpaired) electrons. The van der Waals surface area contributed by atoms with Gasteiger partial charge in [-0.1, -0.05) is 25.2 Å². The van der Waals surface area contributed by atoms with Crippen LogP contribution in [0, 0.1) is 11.8 Å². The molecule has 1 saturated heterocycles. The van der Waals surface area contributed by atoms with Gasteiger partial charge >= 0.3 is 0 Å². The molecule has 2 unspecified atom stereocenters. The van der Waals surface area contributed by atoms with Crippen molar-refractivity contribution in [2.45, 2.75) is 40.2 Å². The molecule has 0 saturated carbocycles. The second-order valence-corrected chi connectivity index (χ2v) is 7.77. The molecule has 1 aliphatic heterocycles. The van der Waals surface area contributed by atoms with Crippen LogP contribution in [0.15, 0.2) is 0 Å². The van der Waals surface area contributed by atoms with Crippen LogP contribution in [0.3, 0.4) is 0 Å². The van der Waals surface area contributed by atoms with Crippen LogP contribution in [0.25, 0.3) is 0 Å². The fourth-order valence-corrected chi connectivity index (χ4v) is 3.36. The second-order valence-electron chi connectivity index (χ2n) is 6.77. The summed E-state index contributed by atoms with van der Waals surface area (Å²) < 4.78 is 0. The summed E-state index contributed by atoms with van der Waals surface area (Å²) in [6.45, 7) is 12.1. The molecule has 2 rings (SSSR count). The first-order valence-corrected chi connectivity index (χ1v) is 7.83. The highest BCUT2D eigenvalue weighted by atomic mass is 32.1. The first-order valence-electron chi connectivity index (χ1n) is 7.01. The number of hydrogen-bond donors (Lipinski definition) is 2. The highest BCUT2D eigenvalue weighted by Crippen LogP contribution is 2.31. The van der Waals surface area contributed by atoms with Gasteiger partial charge in [0.25, 0.3) is 5.91 Å². The molecule has 0 bridgehead atoms. The average molecular weight is 296 g/mol. The third-order valence-electron chi connectivity index (χ3n) is 3.60. The number of nitrogen functional groups attached to an aromatic ring is 1. The van der Waals surface area contributed by atoms with Crippen molar-refractivity contribution in [3.8, 4) is 0 Å². The predicted molar refractivity (Wildman–Crippen MR) is 84.1 cm³/mol. The molecule has 0 spiro atoms. The number of nitrogens with zero attached hydrogens (tertiary/aromatic N) is 2. The molecule has 1 amide bonds. The van der Waals surface area contributed by atoms with Crippen molar-refractivity contribution in [2.24, 2.45) is 11.8 Å². The Morgan fingerprint density at radius 2 is 1.90 bits per heavy atom. The summed E-state index contributed by atoms with van der Waals surface area (Å²) in [7, 11) is 0. The van der Waals surface area contributed by atoms with Crippen molar-refractivity contribution < 1.29 is 4.79 Å². The maximum atomic E-state index is 12.5. The number of rotatable bonds is 2. The highest BCUT2D eigenvalue weighted by molar-refractivity contribution is 7.18. The monoisotopic (exact) mass is 296 g/mol. The van der Waals surface area contributed by atoms with Gasteiger partial charge in [0.2, 0.25) is 0 Å². The summed E-state index contributed by atoms with van der Waals surface area (Å²) in [5.74, 6) is 1.43. The lowest BCUT2D eigenvalue weighted by Gasteiger charge is -2.19. The molecular weight excluding hydrogens is 272 g/mol. The number of carbonyl (C=O) groups is 1. The highest BCUT2D eigenvalue weighted by Gasteiger charge is 2.32. The Bertz CT molecular complexity index is 496. The van der Waals surface area contributed by atoms with Crippen molar-refractivity contribution in [3.05, 3.63) is 4.88 Å². The fourth-order valence-electron chi connectivity index (χ4n) is 2.30. The summed E-state index contributed by atoms with van der Waals surface area (Å²) in [6, 6.07) is 0. The van der Waals surface area contributed by atoms with E-state index in [0.717, 1.165) is 13.1 Å². The van der Waals surface area contributed by atoms with E-state index in [9.17, 15) is 4.79 Å². The molecule has 112 valence electrons. The van der Waals surface area contributed by atoms with E-state index in [4.69, 9.17) is 5.73 Å². The number of thiazole rings is 1. The summed E-state index contributed by atoms with van der Waals surface area (Å²) in [5, 5.41) is 3.97. The van der Waals surface area contributed by atoms with E-state index in [0.29, 0.717) is 27.7 Å². The summed E-state index contributed by atoms with van der Waals surface area (Å²) in [6.07, 6.45) is 0. The van der Waals surface area contributed by atoms with Crippen LogP contribution in [-0.2, 0) is 0 Å². The Hall–Kier alpha value is -1.30. The van der Waals surface area contributed by atoms with Gasteiger partial charge in [0, 0.05) is 18.6 Å². The lowest BCUT2D eigenvalue weighted by molar-refractivity contribution is 0.0790. The van der Waals surface area contributed by atoms with Crippen molar-refractivity contribution in [3.63, 3.8) is 0 Å². The van der Waals surface area contributed by atoms with Gasteiger partial charge in [0.05, 0.1) is 0 Å². The van der Waals surface area contributed by atoms with Crippen LogP contribution < -0.4 is 11.1 Å². The molecule has 5 nitrogen and oxygen atoms in total. The number of amides is 1. The van der Waals surface area contributed by atoms with Crippen LogP contribution >= 0.6 is 11.3 Å². The largest absolute Gasteiger partial charge is 0.382 e. The second kappa shape index (κ2) is 5.24.